The first-order valence-corrected chi connectivity index (χ1v) is 13.8. The minimum atomic E-state index is 0.113. The van der Waals surface area contributed by atoms with Crippen LogP contribution in [0.2, 0.25) is 0 Å². The molecule has 5 aromatic rings. The Bertz CT molecular complexity index is 1540. The first-order valence-electron chi connectivity index (χ1n) is 13.8. The van der Waals surface area contributed by atoms with Gasteiger partial charge in [0.25, 0.3) is 0 Å². The van der Waals surface area contributed by atoms with E-state index in [9.17, 15) is 0 Å². The Morgan fingerprint density at radius 2 is 1.05 bits per heavy atom. The molecule has 0 saturated heterocycles. The van der Waals surface area contributed by atoms with Crippen LogP contribution >= 0.6 is 0 Å². The summed E-state index contributed by atoms with van der Waals surface area (Å²) in [6.07, 6.45) is 6.23. The van der Waals surface area contributed by atoms with Crippen molar-refractivity contribution >= 4 is 35.3 Å². The van der Waals surface area contributed by atoms with Gasteiger partial charge in [-0.3, -0.25) is 4.98 Å². The monoisotopic (exact) mass is 505 g/mol. The third-order valence-electron chi connectivity index (χ3n) is 7.66. The summed E-state index contributed by atoms with van der Waals surface area (Å²) >= 11 is 0. The first-order chi connectivity index (χ1) is 18.8. The van der Waals surface area contributed by atoms with Gasteiger partial charge < -0.3 is 0 Å². The zero-order valence-corrected chi connectivity index (χ0v) is 23.9. The van der Waals surface area contributed by atoms with Crippen molar-refractivity contribution in [3.63, 3.8) is 0 Å². The number of rotatable bonds is 6. The van der Waals surface area contributed by atoms with Crippen LogP contribution in [0.15, 0.2) is 97.2 Å². The molecule has 0 atom stereocenters. The van der Waals surface area contributed by atoms with Crippen molar-refractivity contribution in [1.82, 2.24) is 4.98 Å². The van der Waals surface area contributed by atoms with E-state index in [0.717, 1.165) is 11.3 Å². The summed E-state index contributed by atoms with van der Waals surface area (Å²) in [5.41, 5.74) is 16.5. The summed E-state index contributed by atoms with van der Waals surface area (Å²) in [7, 11) is 0. The smallest absolute Gasteiger partial charge is 0.243 e. The molecule has 2 heteroatoms. The van der Waals surface area contributed by atoms with Crippen LogP contribution in [-0.4, -0.2) is 11.7 Å². The Morgan fingerprint density at radius 3 is 1.59 bits per heavy atom. The van der Waals surface area contributed by atoms with E-state index in [0.29, 0.717) is 0 Å². The van der Waals surface area contributed by atoms with Gasteiger partial charge in [0.05, 0.1) is 5.69 Å². The maximum atomic E-state index is 4.96. The Kier molecular flexibility index (Phi) is 7.66. The van der Waals surface area contributed by atoms with Gasteiger partial charge in [0.15, 0.2) is 0 Å². The fraction of sp³-hybridized carbons (Fsp3) is 0.162. The van der Waals surface area contributed by atoms with Crippen molar-refractivity contribution in [3.8, 4) is 11.3 Å². The zero-order chi connectivity index (χ0) is 27.5. The maximum Gasteiger partial charge on any atom is 0.243 e. The number of nitrogens with zero attached hydrogens (tertiary/aromatic N) is 1. The highest BCUT2D eigenvalue weighted by atomic mass is 14.7. The van der Waals surface area contributed by atoms with E-state index in [1.165, 1.54) is 60.9 Å². The Hall–Kier alpha value is -4.17. The predicted molar refractivity (Wildman–Crippen MR) is 171 cm³/mol. The standard InChI is InChI=1S/C37H36BN/c1-25-20-27(3)36(28(4)21-25)38(37-29(5)22-26(2)23-30(37)6)34-15-11-10-14-33(34)35-19-18-32(24-39-35)17-16-31-12-8-7-9-13-31/h7-24H,1-6H3/b17-16+. The largest absolute Gasteiger partial charge is 0.256 e. The summed E-state index contributed by atoms with van der Waals surface area (Å²) in [5.74, 6) is 0. The number of aromatic nitrogens is 1. The molecule has 0 aliphatic heterocycles. The molecular formula is C37H36BN. The summed E-state index contributed by atoms with van der Waals surface area (Å²) in [4.78, 5) is 4.96. The first kappa shape index (κ1) is 26.4. The highest BCUT2D eigenvalue weighted by Gasteiger charge is 2.30. The van der Waals surface area contributed by atoms with Gasteiger partial charge >= 0.3 is 0 Å². The molecule has 0 unspecified atom stereocenters. The molecule has 1 aromatic heterocycles. The van der Waals surface area contributed by atoms with Crippen LogP contribution in [0.5, 0.6) is 0 Å². The van der Waals surface area contributed by atoms with Gasteiger partial charge in [-0.25, -0.2) is 0 Å². The molecular weight excluding hydrogens is 469 g/mol. The SMILES string of the molecule is Cc1cc(C)c(B(c2ccccc2-c2ccc(/C=C/c3ccccc3)cn2)c2c(C)cc(C)cc2C)c(C)c1. The molecule has 5 rings (SSSR count). The molecule has 0 aliphatic rings. The van der Waals surface area contributed by atoms with E-state index in [1.54, 1.807) is 0 Å². The normalized spacial score (nSPS) is 11.2. The van der Waals surface area contributed by atoms with Crippen LogP contribution < -0.4 is 16.4 Å². The van der Waals surface area contributed by atoms with Crippen molar-refractivity contribution in [2.24, 2.45) is 0 Å². The van der Waals surface area contributed by atoms with E-state index < -0.39 is 0 Å². The second-order valence-corrected chi connectivity index (χ2v) is 10.9. The number of benzene rings is 4. The van der Waals surface area contributed by atoms with Crippen LogP contribution in [0.1, 0.15) is 44.5 Å². The van der Waals surface area contributed by atoms with Crippen LogP contribution in [0.3, 0.4) is 0 Å². The fourth-order valence-corrected chi connectivity index (χ4v) is 6.15. The highest BCUT2D eigenvalue weighted by Crippen LogP contribution is 2.20. The van der Waals surface area contributed by atoms with E-state index >= 15 is 0 Å². The predicted octanol–water partition coefficient (Wildman–Crippen LogP) is 7.29. The molecule has 0 radical (unpaired) electrons. The second-order valence-electron chi connectivity index (χ2n) is 10.9. The van der Waals surface area contributed by atoms with Gasteiger partial charge in [0.1, 0.15) is 0 Å². The van der Waals surface area contributed by atoms with Gasteiger partial charge in [-0.1, -0.05) is 147 Å². The van der Waals surface area contributed by atoms with Crippen LogP contribution in [0.25, 0.3) is 23.4 Å². The van der Waals surface area contributed by atoms with Crippen molar-refractivity contribution in [1.29, 1.82) is 0 Å². The molecule has 39 heavy (non-hydrogen) atoms. The molecule has 0 aliphatic carbocycles. The van der Waals surface area contributed by atoms with Crippen molar-refractivity contribution in [2.75, 3.05) is 0 Å². The lowest BCUT2D eigenvalue weighted by molar-refractivity contribution is 1.32. The lowest BCUT2D eigenvalue weighted by Crippen LogP contribution is -2.56. The van der Waals surface area contributed by atoms with Crippen LogP contribution in [0.4, 0.5) is 0 Å². The highest BCUT2D eigenvalue weighted by molar-refractivity contribution is 6.97. The summed E-state index contributed by atoms with van der Waals surface area (Å²) in [5, 5.41) is 0. The molecule has 0 N–H and O–H groups in total. The minimum Gasteiger partial charge on any atom is -0.256 e. The molecule has 0 amide bonds. The second kappa shape index (κ2) is 11.3. The molecule has 0 saturated carbocycles. The van der Waals surface area contributed by atoms with Gasteiger partial charge in [0, 0.05) is 6.20 Å². The maximum absolute atomic E-state index is 4.96. The van der Waals surface area contributed by atoms with Crippen LogP contribution in [-0.2, 0) is 0 Å². The van der Waals surface area contributed by atoms with Gasteiger partial charge in [-0.05, 0) is 64.3 Å². The van der Waals surface area contributed by atoms with E-state index in [2.05, 4.69) is 139 Å². The molecule has 1 heterocycles. The molecule has 0 fully saturated rings. The Balaban J connectivity index is 1.65. The van der Waals surface area contributed by atoms with Crippen molar-refractivity contribution < 1.29 is 0 Å². The number of aryl methyl sites for hydroxylation is 6. The van der Waals surface area contributed by atoms with Gasteiger partial charge in [-0.2, -0.15) is 0 Å². The molecule has 1 nitrogen and oxygen atoms in total. The van der Waals surface area contributed by atoms with E-state index in [-0.39, 0.29) is 6.71 Å². The summed E-state index contributed by atoms with van der Waals surface area (Å²) < 4.78 is 0. The Labute approximate surface area is 234 Å². The van der Waals surface area contributed by atoms with Gasteiger partial charge in [-0.15, -0.1) is 0 Å². The Morgan fingerprint density at radius 1 is 0.538 bits per heavy atom. The topological polar surface area (TPSA) is 12.9 Å². The van der Waals surface area contributed by atoms with Crippen LogP contribution in [0, 0.1) is 41.5 Å². The average Bonchev–Trinajstić information content (AvgIpc) is 2.91. The minimum absolute atomic E-state index is 0.113. The van der Waals surface area contributed by atoms with Crippen molar-refractivity contribution in [2.45, 2.75) is 41.5 Å². The lowest BCUT2D eigenvalue weighted by atomic mass is 9.33. The van der Waals surface area contributed by atoms with E-state index in [1.807, 2.05) is 12.3 Å². The lowest BCUT2D eigenvalue weighted by Gasteiger charge is -2.26. The fourth-order valence-electron chi connectivity index (χ4n) is 6.15. The zero-order valence-electron chi connectivity index (χ0n) is 23.9. The molecule has 0 bridgehead atoms. The molecule has 192 valence electrons. The average molecular weight is 506 g/mol. The molecule has 0 spiro atoms. The summed E-state index contributed by atoms with van der Waals surface area (Å²) in [6, 6.07) is 32.8. The summed E-state index contributed by atoms with van der Waals surface area (Å²) in [6.45, 7) is 13.5. The quantitative estimate of drug-likeness (QED) is 0.221. The third kappa shape index (κ3) is 5.66. The van der Waals surface area contributed by atoms with Crippen molar-refractivity contribution in [3.05, 3.63) is 142 Å². The number of hydrogen-bond donors (Lipinski definition) is 0. The van der Waals surface area contributed by atoms with Gasteiger partial charge in [0.2, 0.25) is 6.71 Å². The molecule has 4 aromatic carbocycles. The number of pyridine rings is 1. The number of hydrogen-bond acceptors (Lipinski definition) is 1. The third-order valence-corrected chi connectivity index (χ3v) is 7.66. The van der Waals surface area contributed by atoms with E-state index in [4.69, 9.17) is 4.98 Å².